The van der Waals surface area contributed by atoms with Crippen LogP contribution >= 0.6 is 36.3 Å². The van der Waals surface area contributed by atoms with Crippen molar-refractivity contribution >= 4 is 102 Å². The van der Waals surface area contributed by atoms with Gasteiger partial charge in [-0.15, -0.1) is 12.6 Å². The average molecular weight is 840 g/mol. The van der Waals surface area contributed by atoms with Gasteiger partial charge in [0, 0.05) is 28.3 Å². The van der Waals surface area contributed by atoms with E-state index in [0.29, 0.717) is 16.3 Å². The third-order valence-corrected chi connectivity index (χ3v) is 8.74. The lowest BCUT2D eigenvalue weighted by molar-refractivity contribution is -0.384. The topological polar surface area (TPSA) is 300 Å². The first-order valence-corrected chi connectivity index (χ1v) is 18.8. The molecular weight excluding hydrogens is 818 g/mol. The number of allylic oxidation sites excluding steroid dienone is 7. The molecule has 2 aliphatic carbocycles. The smallest absolute Gasteiger partial charge is 0.397 e. The summed E-state index contributed by atoms with van der Waals surface area (Å²) in [6.07, 6.45) is 5.33. The minimum Gasteiger partial charge on any atom is -0.505 e. The van der Waals surface area contributed by atoms with Crippen LogP contribution in [0, 0.1) is 10.1 Å². The normalized spacial score (nSPS) is 16.3. The molecule has 0 atom stereocenters. The highest BCUT2D eigenvalue weighted by Crippen LogP contribution is 2.32. The molecule has 5 rings (SSSR count). The number of thiol groups is 1. The van der Waals surface area contributed by atoms with E-state index in [4.69, 9.17) is 25.4 Å². The highest BCUT2D eigenvalue weighted by Gasteiger charge is 2.32. The largest absolute Gasteiger partial charge is 0.505 e. The van der Waals surface area contributed by atoms with Crippen LogP contribution in [-0.4, -0.2) is 80.7 Å². The lowest BCUT2D eigenvalue weighted by atomic mass is 9.91. The Balaban J connectivity index is 1.29. The summed E-state index contributed by atoms with van der Waals surface area (Å²) in [6, 6.07) is 11.6. The zero-order valence-electron chi connectivity index (χ0n) is 26.5. The molecule has 5 N–H and O–H groups in total. The van der Waals surface area contributed by atoms with Crippen molar-refractivity contribution in [2.75, 3.05) is 24.0 Å². The van der Waals surface area contributed by atoms with Crippen molar-refractivity contribution in [2.45, 2.75) is 4.90 Å². The number of nitrogens with one attached hydrogen (secondary N) is 2. The zero-order chi connectivity index (χ0) is 39.0. The molecule has 0 saturated carbocycles. The number of halogens is 1. The fourth-order valence-corrected chi connectivity index (χ4v) is 5.91. The number of nitro benzene ring substituents is 1. The molecule has 0 radical (unpaired) electrons. The molecule has 26 heteroatoms. The van der Waals surface area contributed by atoms with Gasteiger partial charge in [-0.25, -0.2) is 14.1 Å². The van der Waals surface area contributed by atoms with Crippen molar-refractivity contribution in [2.24, 2.45) is 15.1 Å². The monoisotopic (exact) mass is 839 g/mol. The number of fused-ring (bicyclic) bond motifs is 1. The van der Waals surface area contributed by atoms with Gasteiger partial charge in [-0.05, 0) is 77.9 Å². The number of anilines is 2. The molecule has 0 amide bonds. The van der Waals surface area contributed by atoms with Crippen LogP contribution in [0.4, 0.5) is 29.0 Å². The maximum Gasteiger partial charge on any atom is 0.397 e. The zero-order valence-corrected chi connectivity index (χ0v) is 30.6. The molecular formula is C28H22ClN9O12S4. The van der Waals surface area contributed by atoms with E-state index in [9.17, 15) is 36.6 Å². The first-order valence-electron chi connectivity index (χ1n) is 14.4. The summed E-state index contributed by atoms with van der Waals surface area (Å²) in [5, 5.41) is 28.5. The number of nitro groups is 1. The van der Waals surface area contributed by atoms with Gasteiger partial charge in [-0.2, -0.15) is 46.2 Å². The van der Waals surface area contributed by atoms with Crippen LogP contribution in [0.1, 0.15) is 0 Å². The lowest BCUT2D eigenvalue weighted by Gasteiger charge is -2.20. The van der Waals surface area contributed by atoms with Gasteiger partial charge in [-0.3, -0.25) is 24.6 Å². The number of hydrogen-bond donors (Lipinski definition) is 6. The molecule has 0 fully saturated rings. The van der Waals surface area contributed by atoms with E-state index in [2.05, 4.69) is 57.6 Å². The first kappa shape index (κ1) is 40.1. The second-order valence-corrected chi connectivity index (χ2v) is 14.1. The first-order chi connectivity index (χ1) is 25.5. The van der Waals surface area contributed by atoms with Crippen molar-refractivity contribution in [3.8, 4) is 0 Å². The van der Waals surface area contributed by atoms with Crippen LogP contribution < -0.4 is 10.7 Å². The highest BCUT2D eigenvalue weighted by molar-refractivity contribution is 7.97. The molecule has 1 heterocycles. The maximum absolute atomic E-state index is 12.4. The minimum absolute atomic E-state index is 0.00439. The average Bonchev–Trinajstić information content (AvgIpc) is 3.09. The van der Waals surface area contributed by atoms with E-state index in [0.717, 1.165) is 18.1 Å². The number of benzene rings is 2. The Hall–Kier alpha value is -5.09. The standard InChI is InChI=1S/C28H22ClN9O12S4/c29-25-32-26(34-27(33-25)35-28(51)31-16-1-6-19(7-2-16)38(40)41)30-18-5-10-21-15(13-18)14-22(53(42,43)44)23(24(21)39)37-36-17-3-8-20(9-4-17)52-50-48-11-12-49-54(45,46)47/h1-10,13-14,36,39H,11-12H2,(H,42,43,44)(H,45,46,47)(H2,31,32,33,34,35,51). The van der Waals surface area contributed by atoms with E-state index >= 15 is 0 Å². The SMILES string of the molecule is O=[N+]([O-])c1ccc(NC(S)=Nc2nc(Cl)nc(N=C3C=CC4=C(O)C(=NNc5ccc(SOOCCOS(=O)(=O)O)cc5)C(S(=O)(=O)O)=CC4=C3)n2)cc1. The van der Waals surface area contributed by atoms with Crippen LogP contribution in [0.15, 0.2) is 115 Å². The van der Waals surface area contributed by atoms with Crippen molar-refractivity contribution < 1.29 is 49.4 Å². The van der Waals surface area contributed by atoms with Gasteiger partial charge < -0.3 is 10.4 Å². The van der Waals surface area contributed by atoms with Crippen LogP contribution in [-0.2, 0) is 33.9 Å². The van der Waals surface area contributed by atoms with E-state index in [1.807, 2.05) is 0 Å². The van der Waals surface area contributed by atoms with Crippen molar-refractivity contribution in [3.05, 3.63) is 110 Å². The van der Waals surface area contributed by atoms with Gasteiger partial charge in [0.1, 0.15) is 17.2 Å². The molecule has 2 aromatic carbocycles. The molecule has 54 heavy (non-hydrogen) atoms. The number of non-ortho nitro benzene ring substituents is 1. The van der Waals surface area contributed by atoms with Gasteiger partial charge in [0.05, 0.1) is 35.0 Å². The summed E-state index contributed by atoms with van der Waals surface area (Å²) >= 11 is 11.1. The number of nitrogens with zero attached hydrogens (tertiary/aromatic N) is 7. The van der Waals surface area contributed by atoms with E-state index in [1.54, 1.807) is 12.1 Å². The van der Waals surface area contributed by atoms with Gasteiger partial charge in [0.25, 0.3) is 27.7 Å². The summed E-state index contributed by atoms with van der Waals surface area (Å²) in [6.45, 7) is -0.781. The highest BCUT2D eigenvalue weighted by atomic mass is 35.5. The van der Waals surface area contributed by atoms with Crippen molar-refractivity contribution in [1.82, 2.24) is 15.0 Å². The van der Waals surface area contributed by atoms with Crippen molar-refractivity contribution in [1.29, 1.82) is 0 Å². The third-order valence-electron chi connectivity index (χ3n) is 6.39. The maximum atomic E-state index is 12.4. The van der Waals surface area contributed by atoms with Crippen LogP contribution in [0.3, 0.4) is 0 Å². The van der Waals surface area contributed by atoms with Gasteiger partial charge in [0.15, 0.2) is 10.9 Å². The van der Waals surface area contributed by atoms with E-state index in [-0.39, 0.29) is 51.5 Å². The number of aliphatic imine (C=N–C) groups is 2. The number of hydrogen-bond acceptors (Lipinski definition) is 18. The van der Waals surface area contributed by atoms with Gasteiger partial charge in [-0.1, -0.05) is 0 Å². The van der Waals surface area contributed by atoms with Gasteiger partial charge in [0.2, 0.25) is 5.28 Å². The van der Waals surface area contributed by atoms with Crippen LogP contribution in [0.5, 0.6) is 0 Å². The Morgan fingerprint density at radius 3 is 2.31 bits per heavy atom. The number of amidine groups is 1. The number of rotatable bonds is 14. The van der Waals surface area contributed by atoms with E-state index < -0.39 is 48.4 Å². The van der Waals surface area contributed by atoms with Crippen LogP contribution in [0.2, 0.25) is 5.28 Å². The van der Waals surface area contributed by atoms with Crippen LogP contribution in [0.25, 0.3) is 0 Å². The van der Waals surface area contributed by atoms with Gasteiger partial charge >= 0.3 is 10.4 Å². The summed E-state index contributed by atoms with van der Waals surface area (Å²) in [7, 11) is -9.53. The number of aliphatic hydroxyl groups excluding tert-OH is 1. The molecule has 0 aliphatic heterocycles. The third kappa shape index (κ3) is 11.5. The molecule has 0 bridgehead atoms. The Bertz CT molecular complexity index is 2400. The second-order valence-electron chi connectivity index (χ2n) is 10.1. The summed E-state index contributed by atoms with van der Waals surface area (Å²) in [4.78, 5) is 35.2. The predicted molar refractivity (Wildman–Crippen MR) is 199 cm³/mol. The van der Waals surface area contributed by atoms with Crippen molar-refractivity contribution in [3.63, 3.8) is 0 Å². The molecule has 0 saturated heterocycles. The number of aromatic nitrogens is 3. The number of aliphatic hydroxyl groups is 1. The molecule has 1 aromatic heterocycles. The Kier molecular flexibility index (Phi) is 12.9. The minimum atomic E-state index is -4.93. The Morgan fingerprint density at radius 2 is 1.65 bits per heavy atom. The number of hydrazone groups is 1. The Labute approximate surface area is 319 Å². The molecule has 2 aliphatic rings. The molecule has 282 valence electrons. The molecule has 21 nitrogen and oxygen atoms in total. The fraction of sp³-hybridized carbons (Fsp3) is 0.0714. The lowest BCUT2D eigenvalue weighted by Crippen LogP contribution is -2.22. The summed E-state index contributed by atoms with van der Waals surface area (Å²) in [5.74, 6) is -0.985. The predicted octanol–water partition coefficient (Wildman–Crippen LogP) is 4.87. The Morgan fingerprint density at radius 1 is 0.963 bits per heavy atom. The molecule has 0 unspecified atom stereocenters. The molecule has 0 spiro atoms. The summed E-state index contributed by atoms with van der Waals surface area (Å²) in [5.41, 5.74) is 3.23. The summed E-state index contributed by atoms with van der Waals surface area (Å²) < 4.78 is 73.2. The van der Waals surface area contributed by atoms with E-state index in [1.165, 1.54) is 54.6 Å². The molecule has 3 aromatic rings. The fourth-order valence-electron chi connectivity index (χ4n) is 4.15. The quantitative estimate of drug-likeness (QED) is 0.0145. The second kappa shape index (κ2) is 17.4.